The van der Waals surface area contributed by atoms with Crippen LogP contribution in [0, 0.1) is 0 Å². The summed E-state index contributed by atoms with van der Waals surface area (Å²) in [5, 5.41) is 0. The molecule has 0 saturated carbocycles. The standard InChI is InChI=1S/Mg.H2O3Se.6H2O/c;1-4(2)3;;;;;;/h;(H2,1,2,3);6*1H2/q+2;;;;;;;/p-2. The predicted octanol–water partition coefficient (Wildman–Crippen LogP) is -8.21. The fraction of sp³-hybridized carbons (Fsp3) is 0. The van der Waals surface area contributed by atoms with Crippen LogP contribution in [0.3, 0.4) is 0 Å². The summed E-state index contributed by atoms with van der Waals surface area (Å²) in [4.78, 5) is 0. The minimum atomic E-state index is -3.79. The number of hydrogen-bond donors (Lipinski definition) is 0. The Bertz CT molecular complexity index is 32.5. The summed E-state index contributed by atoms with van der Waals surface area (Å²) in [6.07, 6.45) is 0. The molecule has 74 valence electrons. The van der Waals surface area contributed by atoms with Crippen molar-refractivity contribution in [2.75, 3.05) is 0 Å². The predicted molar refractivity (Wildman–Crippen MR) is 33.9 cm³/mol. The van der Waals surface area contributed by atoms with Crippen LogP contribution >= 0.6 is 0 Å². The topological polar surface area (TPSA) is 252 Å². The smallest absolute Gasteiger partial charge is 2.00 e. The van der Waals surface area contributed by atoms with Gasteiger partial charge in [-0.3, -0.25) is 0 Å². The molecule has 0 saturated heterocycles. The van der Waals surface area contributed by atoms with Gasteiger partial charge in [0.15, 0.2) is 0 Å². The molecule has 11 heteroatoms. The molecule has 0 aliphatic heterocycles. The molecular formula is H12MgO9Se. The number of rotatable bonds is 0. The number of hydrogen-bond acceptors (Lipinski definition) is 3. The fourth-order valence-corrected chi connectivity index (χ4v) is 0. The van der Waals surface area contributed by atoms with Crippen LogP contribution in [0.15, 0.2) is 0 Å². The molecule has 0 bridgehead atoms. The molecule has 0 aromatic heterocycles. The molecule has 0 heterocycles. The van der Waals surface area contributed by atoms with Crippen LogP contribution in [0.25, 0.3) is 0 Å². The van der Waals surface area contributed by atoms with Crippen molar-refractivity contribution in [1.29, 1.82) is 0 Å². The van der Waals surface area contributed by atoms with Crippen molar-refractivity contribution >= 4 is 37.5 Å². The first-order valence-electron chi connectivity index (χ1n) is 0.500. The summed E-state index contributed by atoms with van der Waals surface area (Å²) in [5.74, 6) is 0. The summed E-state index contributed by atoms with van der Waals surface area (Å²) < 4.78 is 25.6. The van der Waals surface area contributed by atoms with Gasteiger partial charge in [-0.25, -0.2) is 0 Å². The zero-order chi connectivity index (χ0) is 3.58. The molecule has 9 nitrogen and oxygen atoms in total. The molecule has 0 aromatic carbocycles. The normalized spacial score (nSPS) is 3.18. The molecule has 0 spiro atoms. The van der Waals surface area contributed by atoms with Gasteiger partial charge in [-0.15, -0.1) is 0 Å². The minimum absolute atomic E-state index is 0. The van der Waals surface area contributed by atoms with Gasteiger partial charge in [0, 0.05) is 0 Å². The van der Waals surface area contributed by atoms with Gasteiger partial charge in [-0.2, -0.15) is 0 Å². The first kappa shape index (κ1) is 96.2. The third-order valence-electron chi connectivity index (χ3n) is 0. The Morgan fingerprint density at radius 1 is 0.727 bits per heavy atom. The maximum atomic E-state index is 8.54. The van der Waals surface area contributed by atoms with E-state index in [1.54, 1.807) is 0 Å². The molecule has 0 rings (SSSR count). The molecule has 0 unspecified atom stereocenters. The van der Waals surface area contributed by atoms with Crippen LogP contribution in [-0.4, -0.2) is 70.4 Å². The van der Waals surface area contributed by atoms with Gasteiger partial charge in [0.2, 0.25) is 0 Å². The Hall–Kier alpha value is 0.766. The van der Waals surface area contributed by atoms with Crippen LogP contribution < -0.4 is 8.38 Å². The molecular weight excluding hydrogens is 247 g/mol. The summed E-state index contributed by atoms with van der Waals surface area (Å²) in [5.41, 5.74) is 0. The second kappa shape index (κ2) is 72.4. The molecule has 0 aliphatic rings. The summed E-state index contributed by atoms with van der Waals surface area (Å²) in [7, 11) is 0. The maximum Gasteiger partial charge on any atom is 2.00 e. The summed E-state index contributed by atoms with van der Waals surface area (Å²) >= 11 is -3.79. The van der Waals surface area contributed by atoms with Crippen molar-refractivity contribution in [2.45, 2.75) is 0 Å². The van der Waals surface area contributed by atoms with E-state index in [2.05, 4.69) is 0 Å². The Labute approximate surface area is 82.8 Å². The largest absolute Gasteiger partial charge is 2.00 e. The van der Waals surface area contributed by atoms with Crippen molar-refractivity contribution in [1.82, 2.24) is 0 Å². The van der Waals surface area contributed by atoms with Crippen LogP contribution in [-0.2, 0) is 3.83 Å². The van der Waals surface area contributed by atoms with Crippen LogP contribution in [0.4, 0.5) is 0 Å². The van der Waals surface area contributed by atoms with Crippen molar-refractivity contribution in [3.05, 3.63) is 0 Å². The second-order valence-corrected chi connectivity index (χ2v) is 1.06. The second-order valence-electron chi connectivity index (χ2n) is 0.204. The zero-order valence-electron chi connectivity index (χ0n) is 5.34. The van der Waals surface area contributed by atoms with Crippen molar-refractivity contribution in [2.24, 2.45) is 0 Å². The first-order valence-corrected chi connectivity index (χ1v) is 2.60. The molecule has 12 N–H and O–H groups in total. The maximum absolute atomic E-state index is 8.54. The summed E-state index contributed by atoms with van der Waals surface area (Å²) in [6.45, 7) is 0. The molecule has 0 atom stereocenters. The Morgan fingerprint density at radius 2 is 0.727 bits per heavy atom. The van der Waals surface area contributed by atoms with E-state index in [1.165, 1.54) is 0 Å². The van der Waals surface area contributed by atoms with Gasteiger partial charge < -0.3 is 32.9 Å². The molecule has 11 heavy (non-hydrogen) atoms. The Kier molecular flexibility index (Phi) is 633. The molecule has 0 fully saturated rings. The van der Waals surface area contributed by atoms with Crippen LogP contribution in [0.5, 0.6) is 0 Å². The van der Waals surface area contributed by atoms with E-state index in [0.717, 1.165) is 0 Å². The van der Waals surface area contributed by atoms with Crippen LogP contribution in [0.1, 0.15) is 0 Å². The van der Waals surface area contributed by atoms with Crippen molar-refractivity contribution < 1.29 is 45.1 Å². The third-order valence-corrected chi connectivity index (χ3v) is 0. The van der Waals surface area contributed by atoms with E-state index in [9.17, 15) is 0 Å². The van der Waals surface area contributed by atoms with Crippen LogP contribution in [0.2, 0.25) is 0 Å². The quantitative estimate of drug-likeness (QED) is 0.384. The zero-order valence-corrected chi connectivity index (χ0v) is 8.47. The van der Waals surface area contributed by atoms with Gasteiger partial charge in [-0.1, -0.05) is 0 Å². The van der Waals surface area contributed by atoms with Gasteiger partial charge in [0.1, 0.15) is 0 Å². The average molecular weight is 259 g/mol. The molecule has 0 aromatic rings. The van der Waals surface area contributed by atoms with Gasteiger partial charge >= 0.3 is 49.8 Å². The third kappa shape index (κ3) is 1410. The van der Waals surface area contributed by atoms with E-state index in [0.29, 0.717) is 0 Å². The summed E-state index contributed by atoms with van der Waals surface area (Å²) in [6, 6.07) is 0. The molecule has 0 aliphatic carbocycles. The van der Waals surface area contributed by atoms with E-state index in [-0.39, 0.29) is 55.9 Å². The van der Waals surface area contributed by atoms with Crippen molar-refractivity contribution in [3.63, 3.8) is 0 Å². The monoisotopic (exact) mass is 260 g/mol. The van der Waals surface area contributed by atoms with Gasteiger partial charge in [0.25, 0.3) is 0 Å². The Morgan fingerprint density at radius 3 is 0.727 bits per heavy atom. The van der Waals surface area contributed by atoms with E-state index < -0.39 is 14.5 Å². The van der Waals surface area contributed by atoms with E-state index >= 15 is 0 Å². The van der Waals surface area contributed by atoms with E-state index in [4.69, 9.17) is 12.2 Å². The molecule has 0 amide bonds. The first-order chi connectivity index (χ1) is 1.73. The minimum Gasteiger partial charge on any atom is 2.00 e. The van der Waals surface area contributed by atoms with Crippen molar-refractivity contribution in [3.8, 4) is 0 Å². The Balaban J connectivity index is -0.00000000214. The fourth-order valence-electron chi connectivity index (χ4n) is 0. The van der Waals surface area contributed by atoms with E-state index in [1.807, 2.05) is 0 Å². The SMILES string of the molecule is O.O.O.O.O.O.O=[Se]([O-])[O-].[Mg+2]. The average Bonchev–Trinajstić information content (AvgIpc) is 0.811. The molecule has 0 radical (unpaired) electrons. The van der Waals surface area contributed by atoms with Gasteiger partial charge in [-0.05, 0) is 0 Å². The van der Waals surface area contributed by atoms with Gasteiger partial charge in [0.05, 0.1) is 0 Å².